The summed E-state index contributed by atoms with van der Waals surface area (Å²) in [6, 6.07) is 4.99. The first kappa shape index (κ1) is 13.8. The Balaban J connectivity index is 2.68. The molecule has 2 N–H and O–H groups in total. The average molecular weight is 247 g/mol. The minimum atomic E-state index is -4.30. The van der Waals surface area contributed by atoms with Crippen molar-refractivity contribution in [3.63, 3.8) is 0 Å². The molecule has 0 amide bonds. The van der Waals surface area contributed by atoms with Gasteiger partial charge in [-0.15, -0.1) is 0 Å². The topological polar surface area (TPSA) is 32.3 Å². The lowest BCUT2D eigenvalue weighted by molar-refractivity contribution is -0.137. The van der Waals surface area contributed by atoms with Crippen LogP contribution in [0.5, 0.6) is 0 Å². The van der Waals surface area contributed by atoms with E-state index < -0.39 is 11.7 Å². The molecule has 0 saturated heterocycles. The van der Waals surface area contributed by atoms with Gasteiger partial charge in [0.1, 0.15) is 0 Å². The predicted molar refractivity (Wildman–Crippen MR) is 60.8 cm³/mol. The maximum Gasteiger partial charge on any atom is 0.416 e. The lowest BCUT2D eigenvalue weighted by atomic mass is 10.1. The molecule has 2 nitrogen and oxygen atoms in total. The van der Waals surface area contributed by atoms with Crippen molar-refractivity contribution in [2.24, 2.45) is 0 Å². The zero-order chi connectivity index (χ0) is 12.9. The highest BCUT2D eigenvalue weighted by Gasteiger charge is 2.29. The molecule has 5 heteroatoms. The number of hydrogen-bond donors (Lipinski definition) is 2. The van der Waals surface area contributed by atoms with Gasteiger partial charge in [-0.05, 0) is 37.1 Å². The summed E-state index contributed by atoms with van der Waals surface area (Å²) < 4.78 is 36.9. The van der Waals surface area contributed by atoms with E-state index >= 15 is 0 Å². The van der Waals surface area contributed by atoms with Crippen LogP contribution in [0.15, 0.2) is 24.3 Å². The predicted octanol–water partition coefficient (Wildman–Crippen LogP) is 3.28. The highest BCUT2D eigenvalue weighted by atomic mass is 19.4. The molecule has 0 unspecified atom stereocenters. The van der Waals surface area contributed by atoms with Crippen LogP contribution >= 0.6 is 0 Å². The molecule has 0 aliphatic carbocycles. The summed E-state index contributed by atoms with van der Waals surface area (Å²) in [6.07, 6.45) is -2.91. The van der Waals surface area contributed by atoms with E-state index in [1.165, 1.54) is 12.1 Å². The van der Waals surface area contributed by atoms with Crippen molar-refractivity contribution in [1.29, 1.82) is 0 Å². The van der Waals surface area contributed by atoms with Crippen molar-refractivity contribution in [3.8, 4) is 0 Å². The minimum Gasteiger partial charge on any atom is -0.396 e. The Hall–Kier alpha value is -1.23. The molecular weight excluding hydrogens is 231 g/mol. The number of halogens is 3. The molecule has 0 saturated carbocycles. The Kier molecular flexibility index (Phi) is 4.81. The van der Waals surface area contributed by atoms with E-state index in [0.717, 1.165) is 18.6 Å². The SMILES string of the molecule is CC[C@H](CCO)Nc1ccc(C(F)(F)F)cc1. The molecule has 0 aromatic heterocycles. The maximum absolute atomic E-state index is 12.3. The van der Waals surface area contributed by atoms with Gasteiger partial charge in [-0.1, -0.05) is 6.92 Å². The third-order valence-corrected chi connectivity index (χ3v) is 2.55. The van der Waals surface area contributed by atoms with Gasteiger partial charge in [0.15, 0.2) is 0 Å². The van der Waals surface area contributed by atoms with Crippen molar-refractivity contribution in [3.05, 3.63) is 29.8 Å². The Morgan fingerprint density at radius 2 is 1.82 bits per heavy atom. The number of hydrogen-bond acceptors (Lipinski definition) is 2. The number of benzene rings is 1. The van der Waals surface area contributed by atoms with E-state index in [-0.39, 0.29) is 12.6 Å². The van der Waals surface area contributed by atoms with E-state index in [9.17, 15) is 13.2 Å². The third-order valence-electron chi connectivity index (χ3n) is 2.55. The molecular formula is C12H16F3NO. The van der Waals surface area contributed by atoms with Gasteiger partial charge in [0.2, 0.25) is 0 Å². The zero-order valence-corrected chi connectivity index (χ0v) is 9.59. The van der Waals surface area contributed by atoms with Gasteiger partial charge in [-0.2, -0.15) is 13.2 Å². The fourth-order valence-electron chi connectivity index (χ4n) is 1.53. The highest BCUT2D eigenvalue weighted by molar-refractivity contribution is 5.45. The monoisotopic (exact) mass is 247 g/mol. The molecule has 0 bridgehead atoms. The number of nitrogens with one attached hydrogen (secondary N) is 1. The van der Waals surface area contributed by atoms with Gasteiger partial charge in [-0.25, -0.2) is 0 Å². The lowest BCUT2D eigenvalue weighted by Crippen LogP contribution is -2.19. The summed E-state index contributed by atoms with van der Waals surface area (Å²) >= 11 is 0. The normalized spacial score (nSPS) is 13.5. The molecule has 1 atom stereocenters. The fourth-order valence-corrected chi connectivity index (χ4v) is 1.53. The standard InChI is InChI=1S/C12H16F3NO/c1-2-10(7-8-17)16-11-5-3-9(4-6-11)12(13,14)15/h3-6,10,16-17H,2,7-8H2,1H3/t10-/m1/s1. The van der Waals surface area contributed by atoms with E-state index in [1.54, 1.807) is 0 Å². The van der Waals surface area contributed by atoms with E-state index in [0.29, 0.717) is 12.1 Å². The largest absolute Gasteiger partial charge is 0.416 e. The molecule has 0 aliphatic rings. The van der Waals surface area contributed by atoms with Crippen LogP contribution in [0.2, 0.25) is 0 Å². The number of rotatable bonds is 5. The highest BCUT2D eigenvalue weighted by Crippen LogP contribution is 2.29. The Morgan fingerprint density at radius 1 is 1.24 bits per heavy atom. The molecule has 17 heavy (non-hydrogen) atoms. The second kappa shape index (κ2) is 5.91. The Morgan fingerprint density at radius 3 is 2.24 bits per heavy atom. The van der Waals surface area contributed by atoms with Crippen molar-refractivity contribution < 1.29 is 18.3 Å². The summed E-state index contributed by atoms with van der Waals surface area (Å²) in [5.74, 6) is 0. The average Bonchev–Trinajstić information content (AvgIpc) is 2.28. The van der Waals surface area contributed by atoms with Crippen molar-refractivity contribution >= 4 is 5.69 Å². The number of aliphatic hydroxyl groups is 1. The van der Waals surface area contributed by atoms with Crippen LogP contribution in [0, 0.1) is 0 Å². The minimum absolute atomic E-state index is 0.0616. The van der Waals surface area contributed by atoms with E-state index in [4.69, 9.17) is 5.11 Å². The van der Waals surface area contributed by atoms with Crippen LogP contribution in [0.1, 0.15) is 25.3 Å². The molecule has 1 aromatic carbocycles. The summed E-state index contributed by atoms with van der Waals surface area (Å²) in [6.45, 7) is 2.02. The van der Waals surface area contributed by atoms with Gasteiger partial charge >= 0.3 is 6.18 Å². The van der Waals surface area contributed by atoms with Crippen molar-refractivity contribution in [1.82, 2.24) is 0 Å². The number of aliphatic hydroxyl groups excluding tert-OH is 1. The smallest absolute Gasteiger partial charge is 0.396 e. The zero-order valence-electron chi connectivity index (χ0n) is 9.59. The molecule has 1 aromatic rings. The van der Waals surface area contributed by atoms with Crippen molar-refractivity contribution in [2.75, 3.05) is 11.9 Å². The van der Waals surface area contributed by atoms with Gasteiger partial charge in [-0.3, -0.25) is 0 Å². The quantitative estimate of drug-likeness (QED) is 0.836. The molecule has 0 aliphatic heterocycles. The first-order chi connectivity index (χ1) is 7.97. The van der Waals surface area contributed by atoms with Crippen LogP contribution in [0.3, 0.4) is 0 Å². The van der Waals surface area contributed by atoms with Crippen LogP contribution in [-0.2, 0) is 6.18 Å². The molecule has 96 valence electrons. The van der Waals surface area contributed by atoms with E-state index in [1.807, 2.05) is 6.92 Å². The Bertz CT molecular complexity index is 335. The summed E-state index contributed by atoms with van der Waals surface area (Å²) in [7, 11) is 0. The van der Waals surface area contributed by atoms with Crippen molar-refractivity contribution in [2.45, 2.75) is 32.0 Å². The molecule has 0 heterocycles. The fraction of sp³-hybridized carbons (Fsp3) is 0.500. The number of anilines is 1. The second-order valence-corrected chi connectivity index (χ2v) is 3.84. The maximum atomic E-state index is 12.3. The molecule has 0 fully saturated rings. The van der Waals surface area contributed by atoms with E-state index in [2.05, 4.69) is 5.32 Å². The summed E-state index contributed by atoms with van der Waals surface area (Å²) in [5, 5.41) is 11.9. The lowest BCUT2D eigenvalue weighted by Gasteiger charge is -2.17. The van der Waals surface area contributed by atoms with Crippen LogP contribution in [-0.4, -0.2) is 17.8 Å². The van der Waals surface area contributed by atoms with Gasteiger partial charge in [0.25, 0.3) is 0 Å². The van der Waals surface area contributed by atoms with Crippen LogP contribution in [0.4, 0.5) is 18.9 Å². The summed E-state index contributed by atoms with van der Waals surface area (Å²) in [4.78, 5) is 0. The summed E-state index contributed by atoms with van der Waals surface area (Å²) in [5.41, 5.74) is -0.0171. The van der Waals surface area contributed by atoms with Crippen LogP contribution in [0.25, 0.3) is 0 Å². The molecule has 0 radical (unpaired) electrons. The first-order valence-corrected chi connectivity index (χ1v) is 5.52. The van der Waals surface area contributed by atoms with Crippen LogP contribution < -0.4 is 5.32 Å². The van der Waals surface area contributed by atoms with Gasteiger partial charge < -0.3 is 10.4 Å². The van der Waals surface area contributed by atoms with Gasteiger partial charge in [0, 0.05) is 18.3 Å². The Labute approximate surface area is 98.5 Å². The first-order valence-electron chi connectivity index (χ1n) is 5.52. The third kappa shape index (κ3) is 4.26. The molecule has 0 spiro atoms. The number of alkyl halides is 3. The molecule has 1 rings (SSSR count). The van der Waals surface area contributed by atoms with Gasteiger partial charge in [0.05, 0.1) is 5.56 Å². The second-order valence-electron chi connectivity index (χ2n) is 3.84.